The van der Waals surface area contributed by atoms with Crippen LogP contribution < -0.4 is 17.7 Å². The molecular formula is C58H38Al4. The van der Waals surface area contributed by atoms with Gasteiger partial charge < -0.3 is 0 Å². The highest BCUT2D eigenvalue weighted by Gasteiger charge is 2.22. The van der Waals surface area contributed by atoms with Gasteiger partial charge in [0.2, 0.25) is 0 Å². The van der Waals surface area contributed by atoms with Gasteiger partial charge in [-0.2, -0.15) is 0 Å². The largest absolute Gasteiger partial charge is 0.176 e. The first-order valence-electron chi connectivity index (χ1n) is 21.7. The van der Waals surface area contributed by atoms with Crippen LogP contribution in [-0.4, -0.2) is 65.2 Å². The van der Waals surface area contributed by atoms with Crippen LogP contribution in [0.4, 0.5) is 0 Å². The molecule has 4 heteroatoms. The Kier molecular flexibility index (Phi) is 7.79. The minimum atomic E-state index is 0.0752. The lowest BCUT2D eigenvalue weighted by Crippen LogP contribution is -2.14. The van der Waals surface area contributed by atoms with E-state index in [2.05, 4.69) is 228 Å². The van der Waals surface area contributed by atoms with Crippen molar-refractivity contribution in [3.8, 4) is 0 Å². The second kappa shape index (κ2) is 12.7. The Labute approximate surface area is 393 Å². The van der Waals surface area contributed by atoms with Crippen molar-refractivity contribution in [1.29, 1.82) is 0 Å². The van der Waals surface area contributed by atoms with E-state index in [1.807, 2.05) is 0 Å². The molecule has 0 aliphatic rings. The van der Waals surface area contributed by atoms with Crippen molar-refractivity contribution in [3.63, 3.8) is 0 Å². The summed E-state index contributed by atoms with van der Waals surface area (Å²) in [7, 11) is 0. The molecule has 13 aromatic carbocycles. The van der Waals surface area contributed by atoms with Crippen LogP contribution >= 0.6 is 0 Å². The van der Waals surface area contributed by atoms with Crippen LogP contribution in [-0.2, 0) is 10.8 Å². The second-order valence-electron chi connectivity index (χ2n) is 20.4. The van der Waals surface area contributed by atoms with Crippen molar-refractivity contribution in [2.45, 2.75) is 52.4 Å². The van der Waals surface area contributed by atoms with Crippen LogP contribution in [0.1, 0.15) is 52.7 Å². The SMILES string of the molecule is CC(C)(C)c1cc2c[c]([Al])c3cc4cc5cc6cc7cc8cc9c(cc8cc7cc6cc5cc4c4[c]([Al])cc(c1)c2c34)cc1[c]([Al])cc2cc(C(C)(C)C)cc3c[c]([Al])c9c1c23. The van der Waals surface area contributed by atoms with E-state index >= 15 is 0 Å². The lowest BCUT2D eigenvalue weighted by Gasteiger charge is -2.24. The fraction of sp³-hybridized carbons (Fsp3) is 0.138. The molecule has 0 fully saturated rings. The maximum absolute atomic E-state index is 3.10. The topological polar surface area (TPSA) is 0 Å². The monoisotopic (exact) mass is 842 g/mol. The van der Waals surface area contributed by atoms with E-state index < -0.39 is 0 Å². The van der Waals surface area contributed by atoms with Gasteiger partial charge in [0.1, 0.15) is 0 Å². The van der Waals surface area contributed by atoms with Crippen LogP contribution in [0.2, 0.25) is 0 Å². The zero-order chi connectivity index (χ0) is 42.5. The molecule has 0 aliphatic heterocycles. The maximum atomic E-state index is 3.10. The smallest absolute Gasteiger partial charge is 0.131 e. The zero-order valence-electron chi connectivity index (χ0n) is 35.9. The first kappa shape index (κ1) is 38.1. The molecule has 0 amide bonds. The summed E-state index contributed by atoms with van der Waals surface area (Å²) < 4.78 is 5.01. The van der Waals surface area contributed by atoms with Crippen molar-refractivity contribution in [2.24, 2.45) is 0 Å². The molecule has 13 rings (SSSR count). The molecule has 0 nitrogen and oxygen atoms in total. The second-order valence-corrected chi connectivity index (χ2v) is 22.9. The molecule has 13 aromatic rings. The van der Waals surface area contributed by atoms with Crippen LogP contribution in [0.3, 0.4) is 0 Å². The van der Waals surface area contributed by atoms with E-state index in [1.54, 1.807) is 0 Å². The third-order valence-electron chi connectivity index (χ3n) is 14.3. The molecule has 0 saturated carbocycles. The average molecular weight is 843 g/mol. The molecule has 282 valence electrons. The fourth-order valence-electron chi connectivity index (χ4n) is 11.1. The number of fused-ring (bicyclic) bond motifs is 8. The van der Waals surface area contributed by atoms with Gasteiger partial charge >= 0.3 is 0 Å². The molecule has 8 radical (unpaired) electrons. The molecule has 0 heterocycles. The molecule has 0 aromatic heterocycles. The van der Waals surface area contributed by atoms with Gasteiger partial charge in [-0.15, -0.1) is 17.7 Å². The number of hydrogen-bond donors (Lipinski definition) is 0. The van der Waals surface area contributed by atoms with Crippen molar-refractivity contribution < 1.29 is 0 Å². The highest BCUT2D eigenvalue weighted by molar-refractivity contribution is 6.52. The summed E-state index contributed by atoms with van der Waals surface area (Å²) in [5.41, 5.74) is 2.90. The lowest BCUT2D eigenvalue weighted by molar-refractivity contribution is 0.591. The van der Waals surface area contributed by atoms with Gasteiger partial charge in [0.05, 0.1) is 0 Å². The summed E-state index contributed by atoms with van der Waals surface area (Å²) >= 11 is 12.3. The van der Waals surface area contributed by atoms with Crippen molar-refractivity contribution in [3.05, 3.63) is 132 Å². The molecule has 0 atom stereocenters. The Bertz CT molecular complexity index is 3890. The van der Waals surface area contributed by atoms with Crippen molar-refractivity contribution >= 4 is 212 Å². The third-order valence-corrected chi connectivity index (χ3v) is 16.2. The van der Waals surface area contributed by atoms with Crippen LogP contribution in [0.15, 0.2) is 121 Å². The van der Waals surface area contributed by atoms with Crippen LogP contribution in [0.5, 0.6) is 0 Å². The Morgan fingerprint density at radius 2 is 0.484 bits per heavy atom. The highest BCUT2D eigenvalue weighted by atomic mass is 27.1. The van der Waals surface area contributed by atoms with E-state index in [0.29, 0.717) is 0 Å². The minimum absolute atomic E-state index is 0.0752. The van der Waals surface area contributed by atoms with Crippen LogP contribution in [0.25, 0.3) is 129 Å². The summed E-state index contributed by atoms with van der Waals surface area (Å²) in [6.45, 7) is 13.9. The molecule has 0 unspecified atom stereocenters. The molecule has 0 bridgehead atoms. The Morgan fingerprint density at radius 3 is 0.790 bits per heavy atom. The predicted molar refractivity (Wildman–Crippen MR) is 278 cm³/mol. The average Bonchev–Trinajstić information content (AvgIpc) is 3.20. The van der Waals surface area contributed by atoms with E-state index in [4.69, 9.17) is 0 Å². The van der Waals surface area contributed by atoms with E-state index in [0.717, 1.165) is 0 Å². The van der Waals surface area contributed by atoms with Gasteiger partial charge in [-0.3, -0.25) is 0 Å². The molecule has 0 saturated heterocycles. The molecule has 0 aliphatic carbocycles. The number of benzene rings is 13. The van der Waals surface area contributed by atoms with Gasteiger partial charge in [0.15, 0.2) is 65.2 Å². The summed E-state index contributed by atoms with van der Waals surface area (Å²) in [6, 6.07) is 48.3. The maximum Gasteiger partial charge on any atom is 0.176 e. The lowest BCUT2D eigenvalue weighted by atomic mass is 9.82. The van der Waals surface area contributed by atoms with Gasteiger partial charge in [0.25, 0.3) is 0 Å². The minimum Gasteiger partial charge on any atom is -0.131 e. The van der Waals surface area contributed by atoms with Gasteiger partial charge in [-0.25, -0.2) is 0 Å². The summed E-state index contributed by atoms with van der Waals surface area (Å²) in [5, 5.41) is 31.5. The summed E-state index contributed by atoms with van der Waals surface area (Å²) in [5.74, 6) is 0. The predicted octanol–water partition coefficient (Wildman–Crippen LogP) is 12.2. The molecular weight excluding hydrogens is 805 g/mol. The highest BCUT2D eigenvalue weighted by Crippen LogP contribution is 2.43. The van der Waals surface area contributed by atoms with E-state index in [1.165, 1.54) is 158 Å². The number of rotatable bonds is 0. The zero-order valence-corrected chi connectivity index (χ0v) is 40.5. The van der Waals surface area contributed by atoms with E-state index in [-0.39, 0.29) is 10.8 Å². The van der Waals surface area contributed by atoms with E-state index in [9.17, 15) is 0 Å². The molecule has 0 N–H and O–H groups in total. The first-order chi connectivity index (χ1) is 29.6. The fourth-order valence-corrected chi connectivity index (χ4v) is 12.9. The van der Waals surface area contributed by atoms with Crippen molar-refractivity contribution in [1.82, 2.24) is 0 Å². The van der Waals surface area contributed by atoms with Gasteiger partial charge in [-0.1, -0.05) is 90.1 Å². The summed E-state index contributed by atoms with van der Waals surface area (Å²) in [6.07, 6.45) is 0. The first-order valence-corrected chi connectivity index (χ1v) is 24.0. The Balaban J connectivity index is 1.02. The molecule has 0 spiro atoms. The normalized spacial score (nSPS) is 13.3. The molecule has 62 heavy (non-hydrogen) atoms. The standard InChI is InChI=1S/C58H38.4Al/c1-57(2,3)47-25-33-9-7-31-15-45-23-41-19-37-18-40-22-44-30-52-46(16-32-8-10-34-26-48(58(4,5)6)28-36-12-14-50(52)56(32)54(34)36)24-42(44)20-38(40)17-39(37)21-43(41)29-51(45)49-13-11-35(27-47)53(33)55(31)49;;;;/h9-12,15-30H,1-6H3;;;;. The third kappa shape index (κ3) is 5.38. The van der Waals surface area contributed by atoms with Gasteiger partial charge in [-0.05, 0) is 224 Å². The summed E-state index contributed by atoms with van der Waals surface area (Å²) in [4.78, 5) is 0. The van der Waals surface area contributed by atoms with Gasteiger partial charge in [0, 0.05) is 0 Å². The van der Waals surface area contributed by atoms with Crippen LogP contribution in [0, 0.1) is 0 Å². The quantitative estimate of drug-likeness (QED) is 0.0811. The number of hydrogen-bond acceptors (Lipinski definition) is 0. The Morgan fingerprint density at radius 1 is 0.226 bits per heavy atom. The Hall–Kier alpha value is -4.37. The van der Waals surface area contributed by atoms with Crippen molar-refractivity contribution in [2.75, 3.05) is 0 Å².